The maximum atomic E-state index is 12.5. The maximum absolute atomic E-state index is 12.5. The van der Waals surface area contributed by atoms with Crippen LogP contribution in [0.2, 0.25) is 0 Å². The van der Waals surface area contributed by atoms with E-state index in [0.29, 0.717) is 25.4 Å². The molecule has 0 aromatic rings. The van der Waals surface area contributed by atoms with Crippen molar-refractivity contribution in [3.8, 4) is 0 Å². The molecule has 122 valence electrons. The molecule has 4 heteroatoms. The van der Waals surface area contributed by atoms with Crippen LogP contribution >= 0.6 is 0 Å². The molecule has 1 amide bonds. The fraction of sp³-hybridized carbons (Fsp3) is 0.941. The summed E-state index contributed by atoms with van der Waals surface area (Å²) >= 11 is 0. The van der Waals surface area contributed by atoms with Crippen LogP contribution in [0.5, 0.6) is 0 Å². The van der Waals surface area contributed by atoms with Crippen LogP contribution in [-0.2, 0) is 4.79 Å². The highest BCUT2D eigenvalue weighted by Crippen LogP contribution is 2.39. The minimum Gasteiger partial charge on any atom is -0.388 e. The van der Waals surface area contributed by atoms with E-state index in [1.807, 2.05) is 25.7 Å². The number of piperidine rings is 1. The first kappa shape index (κ1) is 16.8. The zero-order valence-corrected chi connectivity index (χ0v) is 14.2. The van der Waals surface area contributed by atoms with Gasteiger partial charge in [0.25, 0.3) is 0 Å². The summed E-state index contributed by atoms with van der Waals surface area (Å²) in [6, 6.07) is 0. The van der Waals surface area contributed by atoms with Gasteiger partial charge in [-0.05, 0) is 51.7 Å². The molecule has 0 unspecified atom stereocenters. The monoisotopic (exact) mass is 296 g/mol. The second kappa shape index (κ2) is 6.25. The molecule has 21 heavy (non-hydrogen) atoms. The van der Waals surface area contributed by atoms with Crippen LogP contribution in [0.1, 0.15) is 53.4 Å². The minimum atomic E-state index is -0.771. The average molecular weight is 296 g/mol. The van der Waals surface area contributed by atoms with Crippen LogP contribution in [0.15, 0.2) is 0 Å². The summed E-state index contributed by atoms with van der Waals surface area (Å²) in [5.74, 6) is 0.758. The third-order valence-corrected chi connectivity index (χ3v) is 5.61. The van der Waals surface area contributed by atoms with Crippen molar-refractivity contribution in [2.45, 2.75) is 59.0 Å². The quantitative estimate of drug-likeness (QED) is 0.864. The highest BCUT2D eigenvalue weighted by Gasteiger charge is 2.49. The van der Waals surface area contributed by atoms with E-state index in [1.54, 1.807) is 0 Å². The number of rotatable bonds is 4. The van der Waals surface area contributed by atoms with Crippen molar-refractivity contribution < 1.29 is 9.90 Å². The Morgan fingerprint density at radius 2 is 1.81 bits per heavy atom. The largest absolute Gasteiger partial charge is 0.388 e. The van der Waals surface area contributed by atoms with E-state index in [2.05, 4.69) is 11.8 Å². The van der Waals surface area contributed by atoms with Gasteiger partial charge < -0.3 is 14.9 Å². The number of likely N-dealkylation sites (tertiary alicyclic amines) is 2. The lowest BCUT2D eigenvalue weighted by molar-refractivity contribution is -0.132. The molecule has 0 aliphatic carbocycles. The van der Waals surface area contributed by atoms with Gasteiger partial charge in [-0.3, -0.25) is 4.79 Å². The molecule has 2 heterocycles. The summed E-state index contributed by atoms with van der Waals surface area (Å²) in [6.07, 6.45) is 4.15. The highest BCUT2D eigenvalue weighted by molar-refractivity contribution is 5.77. The highest BCUT2D eigenvalue weighted by atomic mass is 16.3. The van der Waals surface area contributed by atoms with Crippen molar-refractivity contribution in [3.63, 3.8) is 0 Å². The van der Waals surface area contributed by atoms with E-state index < -0.39 is 5.60 Å². The smallest absolute Gasteiger partial charge is 0.222 e. The van der Waals surface area contributed by atoms with E-state index >= 15 is 0 Å². The van der Waals surface area contributed by atoms with Crippen LogP contribution in [0.4, 0.5) is 0 Å². The lowest BCUT2D eigenvalue weighted by Gasteiger charge is -2.32. The maximum Gasteiger partial charge on any atom is 0.222 e. The molecule has 0 radical (unpaired) electrons. The molecule has 2 rings (SSSR count). The number of aliphatic hydroxyl groups is 1. The van der Waals surface area contributed by atoms with Gasteiger partial charge in [0.15, 0.2) is 0 Å². The molecule has 0 aromatic carbocycles. The zero-order valence-electron chi connectivity index (χ0n) is 14.2. The molecule has 0 spiro atoms. The van der Waals surface area contributed by atoms with E-state index in [4.69, 9.17) is 0 Å². The summed E-state index contributed by atoms with van der Waals surface area (Å²) < 4.78 is 0. The molecule has 1 atom stereocenters. The Morgan fingerprint density at radius 3 is 2.29 bits per heavy atom. The number of hydrogen-bond donors (Lipinski definition) is 1. The fourth-order valence-corrected chi connectivity index (χ4v) is 3.57. The van der Waals surface area contributed by atoms with Crippen LogP contribution in [-0.4, -0.2) is 59.1 Å². The van der Waals surface area contributed by atoms with Gasteiger partial charge in [-0.1, -0.05) is 20.8 Å². The van der Waals surface area contributed by atoms with Crippen molar-refractivity contribution in [2.75, 3.05) is 32.7 Å². The summed E-state index contributed by atoms with van der Waals surface area (Å²) in [6.45, 7) is 12.8. The molecular formula is C17H32N2O2. The van der Waals surface area contributed by atoms with Crippen LogP contribution in [0, 0.1) is 11.3 Å². The molecule has 0 bridgehead atoms. The first-order chi connectivity index (χ1) is 9.75. The summed E-state index contributed by atoms with van der Waals surface area (Å²) in [5.41, 5.74) is -0.986. The average Bonchev–Trinajstić information content (AvgIpc) is 2.61. The number of β-amino-alcohol motifs (C(OH)–C–C–N with tert-alkyl or cyclic N) is 1. The number of carbonyl (C=O) groups is 1. The molecule has 1 N–H and O–H groups in total. The molecular weight excluding hydrogens is 264 g/mol. The van der Waals surface area contributed by atoms with Crippen molar-refractivity contribution in [1.82, 2.24) is 9.80 Å². The Hall–Kier alpha value is -0.610. The number of nitrogens with zero attached hydrogens (tertiary/aromatic N) is 2. The fourth-order valence-electron chi connectivity index (χ4n) is 3.57. The van der Waals surface area contributed by atoms with Crippen molar-refractivity contribution in [2.24, 2.45) is 11.3 Å². The normalized spacial score (nSPS) is 30.8. The predicted octanol–water partition coefficient (Wildman–Crippen LogP) is 2.12. The first-order valence-corrected chi connectivity index (χ1v) is 8.47. The van der Waals surface area contributed by atoms with Crippen LogP contribution in [0.3, 0.4) is 0 Å². The van der Waals surface area contributed by atoms with Gasteiger partial charge >= 0.3 is 0 Å². The van der Waals surface area contributed by atoms with Gasteiger partial charge in [0.05, 0.1) is 5.60 Å². The zero-order chi connectivity index (χ0) is 15.7. The standard InChI is InChI=1S/C17H32N2O2/c1-5-8-18-9-6-14(7-10-18)11-15(20)19-12-16(2,3)17(4,21)13-19/h14,21H,5-13H2,1-4H3/t17-/m0/s1. The second-order valence-electron chi connectivity index (χ2n) is 7.90. The van der Waals surface area contributed by atoms with Gasteiger partial charge in [0, 0.05) is 24.9 Å². The van der Waals surface area contributed by atoms with E-state index in [-0.39, 0.29) is 11.3 Å². The summed E-state index contributed by atoms with van der Waals surface area (Å²) in [4.78, 5) is 16.9. The third-order valence-electron chi connectivity index (χ3n) is 5.61. The lowest BCUT2D eigenvalue weighted by atomic mass is 9.79. The summed E-state index contributed by atoms with van der Waals surface area (Å²) in [7, 11) is 0. The van der Waals surface area contributed by atoms with Gasteiger partial charge in [-0.25, -0.2) is 0 Å². The predicted molar refractivity (Wildman–Crippen MR) is 85.1 cm³/mol. The Kier molecular flexibility index (Phi) is 4.99. The molecule has 2 fully saturated rings. The first-order valence-electron chi connectivity index (χ1n) is 8.47. The van der Waals surface area contributed by atoms with Gasteiger partial charge in [0.1, 0.15) is 0 Å². The van der Waals surface area contributed by atoms with Gasteiger partial charge in [-0.2, -0.15) is 0 Å². The van der Waals surface area contributed by atoms with Gasteiger partial charge in [-0.15, -0.1) is 0 Å². The van der Waals surface area contributed by atoms with Crippen LogP contribution in [0.25, 0.3) is 0 Å². The van der Waals surface area contributed by atoms with Crippen molar-refractivity contribution >= 4 is 5.91 Å². The number of amides is 1. The molecule has 0 saturated carbocycles. The number of carbonyl (C=O) groups excluding carboxylic acids is 1. The summed E-state index contributed by atoms with van der Waals surface area (Å²) in [5, 5.41) is 10.4. The minimum absolute atomic E-state index is 0.215. The van der Waals surface area contributed by atoms with E-state index in [9.17, 15) is 9.90 Å². The Bertz CT molecular complexity index is 355. The third kappa shape index (κ3) is 3.78. The van der Waals surface area contributed by atoms with Crippen LogP contribution < -0.4 is 0 Å². The molecule has 2 aliphatic rings. The molecule has 4 nitrogen and oxygen atoms in total. The molecule has 0 aromatic heterocycles. The Balaban J connectivity index is 1.81. The second-order valence-corrected chi connectivity index (χ2v) is 7.90. The van der Waals surface area contributed by atoms with E-state index in [1.165, 1.54) is 13.0 Å². The molecule has 2 saturated heterocycles. The number of hydrogen-bond acceptors (Lipinski definition) is 3. The lowest BCUT2D eigenvalue weighted by Crippen LogP contribution is -2.40. The SMILES string of the molecule is CCCN1CCC(CC(=O)N2CC(C)(C)[C@@](C)(O)C2)CC1. The van der Waals surface area contributed by atoms with Crippen molar-refractivity contribution in [1.29, 1.82) is 0 Å². The Labute approximate surface area is 129 Å². The van der Waals surface area contributed by atoms with Gasteiger partial charge in [0.2, 0.25) is 5.91 Å². The Morgan fingerprint density at radius 1 is 1.19 bits per heavy atom. The molecule has 2 aliphatic heterocycles. The van der Waals surface area contributed by atoms with E-state index in [0.717, 1.165) is 25.9 Å². The van der Waals surface area contributed by atoms with Crippen molar-refractivity contribution in [3.05, 3.63) is 0 Å². The topological polar surface area (TPSA) is 43.8 Å².